The average Bonchev–Trinajstić information content (AvgIpc) is 3.02. The minimum Gasteiger partial charge on any atom is -0.457 e. The summed E-state index contributed by atoms with van der Waals surface area (Å²) in [6.45, 7) is 0. The Labute approximate surface area is 141 Å². The first kappa shape index (κ1) is 15.3. The Balaban J connectivity index is 1.93. The zero-order chi connectivity index (χ0) is 16.2. The van der Waals surface area contributed by atoms with Gasteiger partial charge in [0.1, 0.15) is 17.3 Å². The minimum atomic E-state index is -0.376. The van der Waals surface area contributed by atoms with Gasteiger partial charge in [-0.25, -0.2) is 4.39 Å². The molecule has 0 unspecified atom stereocenters. The van der Waals surface area contributed by atoms with Gasteiger partial charge < -0.3 is 4.42 Å². The molecule has 0 fully saturated rings. The third-order valence-corrected chi connectivity index (χ3v) is 3.83. The van der Waals surface area contributed by atoms with Crippen molar-refractivity contribution in [2.24, 2.45) is 0 Å². The van der Waals surface area contributed by atoms with Crippen molar-refractivity contribution in [1.82, 2.24) is 0 Å². The lowest BCUT2D eigenvalue weighted by Crippen LogP contribution is -1.83. The van der Waals surface area contributed by atoms with Gasteiger partial charge in [-0.1, -0.05) is 40.2 Å². The van der Waals surface area contributed by atoms with Gasteiger partial charge in [0, 0.05) is 10.0 Å². The molecule has 0 amide bonds. The Kier molecular flexibility index (Phi) is 4.40. The minimum absolute atomic E-state index is 0.348. The third kappa shape index (κ3) is 3.58. The summed E-state index contributed by atoms with van der Waals surface area (Å²) in [7, 11) is 0. The Hall–Kier alpha value is -2.64. The van der Waals surface area contributed by atoms with E-state index >= 15 is 0 Å². The molecular weight excluding hydrogens is 357 g/mol. The molecule has 0 N–H and O–H groups in total. The Morgan fingerprint density at radius 3 is 2.57 bits per heavy atom. The number of nitriles is 1. The van der Waals surface area contributed by atoms with Crippen LogP contribution in [0.1, 0.15) is 11.3 Å². The van der Waals surface area contributed by atoms with Crippen molar-refractivity contribution >= 4 is 27.6 Å². The lowest BCUT2D eigenvalue weighted by atomic mass is 10.1. The van der Waals surface area contributed by atoms with Crippen LogP contribution in [0.2, 0.25) is 0 Å². The fraction of sp³-hybridized carbons (Fsp3) is 0. The summed E-state index contributed by atoms with van der Waals surface area (Å²) in [5, 5.41) is 9.30. The van der Waals surface area contributed by atoms with E-state index in [-0.39, 0.29) is 5.82 Å². The first-order valence-corrected chi connectivity index (χ1v) is 7.68. The van der Waals surface area contributed by atoms with E-state index in [4.69, 9.17) is 4.42 Å². The van der Waals surface area contributed by atoms with Crippen molar-refractivity contribution < 1.29 is 8.81 Å². The number of allylic oxidation sites excluding steroid dienone is 1. The molecule has 4 heteroatoms. The summed E-state index contributed by atoms with van der Waals surface area (Å²) in [5.41, 5.74) is 1.81. The maximum atomic E-state index is 13.3. The first-order chi connectivity index (χ1) is 11.2. The summed E-state index contributed by atoms with van der Waals surface area (Å²) >= 11 is 3.39. The number of hydrogen-bond donors (Lipinski definition) is 0. The van der Waals surface area contributed by atoms with Gasteiger partial charge in [-0.15, -0.1) is 0 Å². The van der Waals surface area contributed by atoms with Gasteiger partial charge in [0.05, 0.1) is 11.6 Å². The maximum absolute atomic E-state index is 13.3. The van der Waals surface area contributed by atoms with Crippen LogP contribution in [-0.4, -0.2) is 0 Å². The zero-order valence-corrected chi connectivity index (χ0v) is 13.5. The van der Waals surface area contributed by atoms with Crippen LogP contribution < -0.4 is 0 Å². The molecule has 0 bridgehead atoms. The van der Waals surface area contributed by atoms with E-state index < -0.39 is 0 Å². The second kappa shape index (κ2) is 6.64. The average molecular weight is 368 g/mol. The number of benzene rings is 2. The number of halogens is 2. The monoisotopic (exact) mass is 367 g/mol. The summed E-state index contributed by atoms with van der Waals surface area (Å²) in [6.07, 6.45) is 1.61. The highest BCUT2D eigenvalue weighted by Gasteiger charge is 2.07. The second-order valence-corrected chi connectivity index (χ2v) is 5.80. The topological polar surface area (TPSA) is 36.9 Å². The highest BCUT2D eigenvalue weighted by atomic mass is 79.9. The summed E-state index contributed by atoms with van der Waals surface area (Å²) in [5.74, 6) is 0.877. The SMILES string of the molecule is N#CC(=Cc1ccc(-c2ccc(Br)cc2)o1)c1cccc(F)c1. The number of hydrogen-bond acceptors (Lipinski definition) is 2. The highest BCUT2D eigenvalue weighted by Crippen LogP contribution is 2.26. The van der Waals surface area contributed by atoms with E-state index in [1.165, 1.54) is 12.1 Å². The quantitative estimate of drug-likeness (QED) is 0.539. The molecule has 0 saturated heterocycles. The predicted molar refractivity (Wildman–Crippen MR) is 91.7 cm³/mol. The van der Waals surface area contributed by atoms with Crippen molar-refractivity contribution in [2.75, 3.05) is 0 Å². The van der Waals surface area contributed by atoms with Crippen LogP contribution in [0, 0.1) is 17.1 Å². The normalized spacial score (nSPS) is 11.3. The molecule has 0 aliphatic rings. The lowest BCUT2D eigenvalue weighted by molar-refractivity contribution is 0.572. The predicted octanol–water partition coefficient (Wildman–Crippen LogP) is 5.91. The summed E-state index contributed by atoms with van der Waals surface area (Å²) in [6, 6.07) is 19.4. The third-order valence-electron chi connectivity index (χ3n) is 3.30. The highest BCUT2D eigenvalue weighted by molar-refractivity contribution is 9.10. The van der Waals surface area contributed by atoms with Gasteiger partial charge in [-0.2, -0.15) is 5.26 Å². The van der Waals surface area contributed by atoms with Crippen LogP contribution in [0.4, 0.5) is 4.39 Å². The molecule has 3 aromatic rings. The van der Waals surface area contributed by atoms with E-state index in [0.717, 1.165) is 10.0 Å². The number of nitrogens with zero attached hydrogens (tertiary/aromatic N) is 1. The van der Waals surface area contributed by atoms with Gasteiger partial charge in [0.15, 0.2) is 0 Å². The fourth-order valence-corrected chi connectivity index (χ4v) is 2.44. The van der Waals surface area contributed by atoms with Gasteiger partial charge >= 0.3 is 0 Å². The first-order valence-electron chi connectivity index (χ1n) is 6.89. The van der Waals surface area contributed by atoms with Gasteiger partial charge in [0.2, 0.25) is 0 Å². The van der Waals surface area contributed by atoms with Crippen LogP contribution in [0.3, 0.4) is 0 Å². The van der Waals surface area contributed by atoms with E-state index in [1.807, 2.05) is 30.3 Å². The molecule has 0 atom stereocenters. The van der Waals surface area contributed by atoms with Gasteiger partial charge in [0.25, 0.3) is 0 Å². The number of furan rings is 1. The largest absolute Gasteiger partial charge is 0.457 e. The molecule has 1 heterocycles. The maximum Gasteiger partial charge on any atom is 0.134 e. The molecule has 0 saturated carbocycles. The van der Waals surface area contributed by atoms with Crippen LogP contribution in [0.25, 0.3) is 23.0 Å². The van der Waals surface area contributed by atoms with E-state index in [9.17, 15) is 9.65 Å². The second-order valence-electron chi connectivity index (χ2n) is 4.89. The molecule has 3 rings (SSSR count). The molecular formula is C19H11BrFNO. The molecule has 2 nitrogen and oxygen atoms in total. The van der Waals surface area contributed by atoms with Crippen molar-refractivity contribution in [3.05, 3.63) is 82.3 Å². The summed E-state index contributed by atoms with van der Waals surface area (Å²) < 4.78 is 20.0. The number of rotatable bonds is 3. The van der Waals surface area contributed by atoms with Crippen LogP contribution in [-0.2, 0) is 0 Å². The summed E-state index contributed by atoms with van der Waals surface area (Å²) in [4.78, 5) is 0. The van der Waals surface area contributed by atoms with Crippen molar-refractivity contribution in [3.8, 4) is 17.4 Å². The van der Waals surface area contributed by atoms with E-state index in [0.29, 0.717) is 22.7 Å². The van der Waals surface area contributed by atoms with Crippen molar-refractivity contribution in [3.63, 3.8) is 0 Å². The van der Waals surface area contributed by atoms with Crippen LogP contribution in [0.15, 0.2) is 69.6 Å². The van der Waals surface area contributed by atoms with Crippen LogP contribution in [0.5, 0.6) is 0 Å². The van der Waals surface area contributed by atoms with Crippen LogP contribution >= 0.6 is 15.9 Å². The smallest absolute Gasteiger partial charge is 0.134 e. The van der Waals surface area contributed by atoms with E-state index in [1.54, 1.807) is 24.3 Å². The molecule has 0 radical (unpaired) electrons. The van der Waals surface area contributed by atoms with Gasteiger partial charge in [-0.05, 0) is 48.0 Å². The van der Waals surface area contributed by atoms with Gasteiger partial charge in [-0.3, -0.25) is 0 Å². The molecule has 1 aromatic heterocycles. The van der Waals surface area contributed by atoms with Crippen molar-refractivity contribution in [2.45, 2.75) is 0 Å². The Bertz CT molecular complexity index is 904. The standard InChI is InChI=1S/C19H11BrFNO/c20-16-6-4-13(5-7-16)19-9-8-18(23-19)11-15(12-22)14-2-1-3-17(21)10-14/h1-11H. The molecule has 23 heavy (non-hydrogen) atoms. The lowest BCUT2D eigenvalue weighted by Gasteiger charge is -1.99. The molecule has 0 aliphatic carbocycles. The Morgan fingerprint density at radius 2 is 1.87 bits per heavy atom. The van der Waals surface area contributed by atoms with E-state index in [2.05, 4.69) is 22.0 Å². The zero-order valence-electron chi connectivity index (χ0n) is 12.0. The van der Waals surface area contributed by atoms with Crippen molar-refractivity contribution in [1.29, 1.82) is 5.26 Å². The Morgan fingerprint density at radius 1 is 1.09 bits per heavy atom. The fourth-order valence-electron chi connectivity index (χ4n) is 2.18. The molecule has 112 valence electrons. The molecule has 0 aliphatic heterocycles. The molecule has 0 spiro atoms. The molecule has 2 aromatic carbocycles.